The molecule has 8 heteroatoms. The molecule has 0 saturated carbocycles. The number of nitrogens with zero attached hydrogens (tertiary/aromatic N) is 2. The lowest BCUT2D eigenvalue weighted by molar-refractivity contribution is -0.127. The first kappa shape index (κ1) is 22.4. The molecular formula is C15H31IN4O3. The third-order valence-corrected chi connectivity index (χ3v) is 3.34. The van der Waals surface area contributed by atoms with Gasteiger partial charge in [-0.1, -0.05) is 0 Å². The van der Waals surface area contributed by atoms with Crippen molar-refractivity contribution in [3.63, 3.8) is 0 Å². The van der Waals surface area contributed by atoms with Crippen LogP contribution in [-0.2, 0) is 14.3 Å². The van der Waals surface area contributed by atoms with E-state index in [9.17, 15) is 4.79 Å². The number of amides is 1. The van der Waals surface area contributed by atoms with Crippen molar-refractivity contribution in [3.05, 3.63) is 0 Å². The molecule has 136 valence electrons. The number of hydrogen-bond acceptors (Lipinski definition) is 4. The molecule has 2 N–H and O–H groups in total. The molecule has 0 atom stereocenters. The van der Waals surface area contributed by atoms with Crippen molar-refractivity contribution in [3.8, 4) is 0 Å². The fourth-order valence-electron chi connectivity index (χ4n) is 2.22. The molecule has 1 aliphatic heterocycles. The number of aliphatic imine (C=N–C) groups is 1. The van der Waals surface area contributed by atoms with Gasteiger partial charge in [0.05, 0.1) is 19.8 Å². The predicted molar refractivity (Wildman–Crippen MR) is 103 cm³/mol. The molecule has 1 saturated heterocycles. The van der Waals surface area contributed by atoms with Gasteiger partial charge < -0.3 is 25.0 Å². The fraction of sp³-hybridized carbons (Fsp3) is 0.867. The van der Waals surface area contributed by atoms with Crippen LogP contribution < -0.4 is 10.6 Å². The summed E-state index contributed by atoms with van der Waals surface area (Å²) in [5.41, 5.74) is 0. The zero-order chi connectivity index (χ0) is 16.0. The number of halogens is 1. The van der Waals surface area contributed by atoms with Crippen molar-refractivity contribution in [1.82, 2.24) is 15.5 Å². The average molecular weight is 442 g/mol. The average Bonchev–Trinajstić information content (AvgIpc) is 2.92. The van der Waals surface area contributed by atoms with E-state index in [1.165, 1.54) is 0 Å². The number of carbonyl (C=O) groups excluding carboxylic acids is 1. The fourth-order valence-corrected chi connectivity index (χ4v) is 2.22. The van der Waals surface area contributed by atoms with Crippen molar-refractivity contribution >= 4 is 35.8 Å². The van der Waals surface area contributed by atoms with Gasteiger partial charge in [0, 0.05) is 46.3 Å². The predicted octanol–water partition coefficient (Wildman–Crippen LogP) is 0.835. The summed E-state index contributed by atoms with van der Waals surface area (Å²) >= 11 is 0. The minimum absolute atomic E-state index is 0. The summed E-state index contributed by atoms with van der Waals surface area (Å²) in [6.07, 6.45) is 2.60. The molecule has 0 aromatic carbocycles. The van der Waals surface area contributed by atoms with Crippen molar-refractivity contribution in [2.75, 3.05) is 59.7 Å². The summed E-state index contributed by atoms with van der Waals surface area (Å²) in [5, 5.41) is 6.43. The summed E-state index contributed by atoms with van der Waals surface area (Å²) in [7, 11) is 1.66. The Morgan fingerprint density at radius 3 is 2.78 bits per heavy atom. The Balaban J connectivity index is 0.00000484. The van der Waals surface area contributed by atoms with Crippen LogP contribution in [0, 0.1) is 0 Å². The number of guanidine groups is 1. The standard InChI is InChI=1S/C15H30N4O3.HI/c1-3-16-15(18-8-11-22-13-12-21-2)17-7-5-10-19-9-4-6-14(19)20;/h3-13H2,1-2H3,(H2,16,17,18);1H. The molecule has 1 heterocycles. The molecule has 0 aliphatic carbocycles. The summed E-state index contributed by atoms with van der Waals surface area (Å²) < 4.78 is 10.3. The number of carbonyl (C=O) groups is 1. The Kier molecular flexibility index (Phi) is 14.6. The van der Waals surface area contributed by atoms with E-state index in [0.717, 1.165) is 38.4 Å². The third-order valence-electron chi connectivity index (χ3n) is 3.34. The first-order chi connectivity index (χ1) is 10.8. The van der Waals surface area contributed by atoms with Gasteiger partial charge in [0.2, 0.25) is 5.91 Å². The Bertz CT molecular complexity index is 343. The lowest BCUT2D eigenvalue weighted by Gasteiger charge is -2.15. The van der Waals surface area contributed by atoms with Crippen LogP contribution in [0.15, 0.2) is 4.99 Å². The molecule has 23 heavy (non-hydrogen) atoms. The van der Waals surface area contributed by atoms with E-state index in [0.29, 0.717) is 39.3 Å². The molecular weight excluding hydrogens is 411 g/mol. The maximum atomic E-state index is 11.5. The molecule has 1 amide bonds. The lowest BCUT2D eigenvalue weighted by atomic mass is 10.4. The van der Waals surface area contributed by atoms with Gasteiger partial charge in [-0.3, -0.25) is 9.79 Å². The molecule has 0 aromatic heterocycles. The number of likely N-dealkylation sites (tertiary alicyclic amines) is 1. The Morgan fingerprint density at radius 1 is 1.30 bits per heavy atom. The van der Waals surface area contributed by atoms with Crippen LogP contribution in [-0.4, -0.2) is 76.4 Å². The Morgan fingerprint density at radius 2 is 2.13 bits per heavy atom. The van der Waals surface area contributed by atoms with Crippen LogP contribution in [0.1, 0.15) is 26.2 Å². The molecule has 1 fully saturated rings. The van der Waals surface area contributed by atoms with Crippen molar-refractivity contribution in [2.24, 2.45) is 4.99 Å². The highest BCUT2D eigenvalue weighted by Gasteiger charge is 2.18. The van der Waals surface area contributed by atoms with Gasteiger partial charge in [-0.25, -0.2) is 0 Å². The van der Waals surface area contributed by atoms with Gasteiger partial charge in [-0.15, -0.1) is 24.0 Å². The van der Waals surface area contributed by atoms with Crippen molar-refractivity contribution in [1.29, 1.82) is 0 Å². The number of rotatable bonds is 11. The van der Waals surface area contributed by atoms with E-state index in [1.807, 2.05) is 11.8 Å². The van der Waals surface area contributed by atoms with Crippen LogP contribution in [0.25, 0.3) is 0 Å². The molecule has 1 aliphatic rings. The first-order valence-electron chi connectivity index (χ1n) is 8.14. The third kappa shape index (κ3) is 10.7. The maximum absolute atomic E-state index is 11.5. The number of ether oxygens (including phenoxy) is 2. The molecule has 7 nitrogen and oxygen atoms in total. The minimum atomic E-state index is 0. The van der Waals surface area contributed by atoms with Gasteiger partial charge in [-0.05, 0) is 19.8 Å². The van der Waals surface area contributed by atoms with Gasteiger partial charge in [0.15, 0.2) is 5.96 Å². The number of hydrogen-bond donors (Lipinski definition) is 2. The second kappa shape index (κ2) is 14.9. The molecule has 0 radical (unpaired) electrons. The first-order valence-corrected chi connectivity index (χ1v) is 8.14. The summed E-state index contributed by atoms with van der Waals surface area (Å²) in [4.78, 5) is 17.9. The lowest BCUT2D eigenvalue weighted by Crippen LogP contribution is -2.39. The van der Waals surface area contributed by atoms with Gasteiger partial charge in [-0.2, -0.15) is 0 Å². The quantitative estimate of drug-likeness (QED) is 0.215. The monoisotopic (exact) mass is 442 g/mol. The number of nitrogens with one attached hydrogen (secondary N) is 2. The zero-order valence-corrected chi connectivity index (χ0v) is 16.6. The summed E-state index contributed by atoms with van der Waals surface area (Å²) in [6.45, 7) is 7.83. The van der Waals surface area contributed by atoms with Gasteiger partial charge >= 0.3 is 0 Å². The highest BCUT2D eigenvalue weighted by molar-refractivity contribution is 14.0. The minimum Gasteiger partial charge on any atom is -0.382 e. The van der Waals surface area contributed by atoms with Gasteiger partial charge in [0.25, 0.3) is 0 Å². The highest BCUT2D eigenvalue weighted by Crippen LogP contribution is 2.09. The van der Waals surface area contributed by atoms with Crippen LogP contribution in [0.3, 0.4) is 0 Å². The van der Waals surface area contributed by atoms with Gasteiger partial charge in [0.1, 0.15) is 0 Å². The Hall–Kier alpha value is -0.610. The SMILES string of the molecule is CCNC(=NCCCN1CCCC1=O)NCCOCCOC.I. The second-order valence-corrected chi connectivity index (χ2v) is 5.13. The van der Waals surface area contributed by atoms with E-state index in [1.54, 1.807) is 7.11 Å². The number of methoxy groups -OCH3 is 1. The van der Waals surface area contributed by atoms with E-state index in [-0.39, 0.29) is 29.9 Å². The van der Waals surface area contributed by atoms with E-state index < -0.39 is 0 Å². The van der Waals surface area contributed by atoms with Crippen molar-refractivity contribution in [2.45, 2.75) is 26.2 Å². The molecule has 1 rings (SSSR count). The summed E-state index contributed by atoms with van der Waals surface area (Å²) in [5.74, 6) is 1.08. The molecule has 0 unspecified atom stereocenters. The maximum Gasteiger partial charge on any atom is 0.222 e. The molecule has 0 spiro atoms. The van der Waals surface area contributed by atoms with Crippen LogP contribution in [0.4, 0.5) is 0 Å². The topological polar surface area (TPSA) is 75.2 Å². The smallest absolute Gasteiger partial charge is 0.222 e. The van der Waals surface area contributed by atoms with E-state index >= 15 is 0 Å². The molecule has 0 bridgehead atoms. The van der Waals surface area contributed by atoms with Crippen molar-refractivity contribution < 1.29 is 14.3 Å². The van der Waals surface area contributed by atoms with E-state index in [2.05, 4.69) is 15.6 Å². The summed E-state index contributed by atoms with van der Waals surface area (Å²) in [6, 6.07) is 0. The van der Waals surface area contributed by atoms with Crippen LogP contribution in [0.2, 0.25) is 0 Å². The second-order valence-electron chi connectivity index (χ2n) is 5.13. The molecule has 0 aromatic rings. The van der Waals surface area contributed by atoms with E-state index in [4.69, 9.17) is 9.47 Å². The zero-order valence-electron chi connectivity index (χ0n) is 14.3. The van der Waals surface area contributed by atoms with Crippen LogP contribution in [0.5, 0.6) is 0 Å². The normalized spacial score (nSPS) is 14.8. The highest BCUT2D eigenvalue weighted by atomic mass is 127. The Labute approximate surface area is 156 Å². The largest absolute Gasteiger partial charge is 0.382 e. The van der Waals surface area contributed by atoms with Crippen LogP contribution >= 0.6 is 24.0 Å².